The number of nitrogens with zero attached hydrogens (tertiary/aromatic N) is 2. The van der Waals surface area contributed by atoms with Gasteiger partial charge in [-0.1, -0.05) is 18.2 Å². The first-order valence-electron chi connectivity index (χ1n) is 6.78. The SMILES string of the molecule is Cc1ccc(N2CC(=O)N(C)c3ccccc32)cc1C. The third-order valence-corrected chi connectivity index (χ3v) is 4.00. The molecular formula is C17H18N2O. The van der Waals surface area contributed by atoms with Gasteiger partial charge in [0, 0.05) is 12.7 Å². The Morgan fingerprint density at radius 2 is 1.65 bits per heavy atom. The topological polar surface area (TPSA) is 23.6 Å². The first kappa shape index (κ1) is 12.7. The van der Waals surface area contributed by atoms with Crippen LogP contribution in [0.2, 0.25) is 0 Å². The lowest BCUT2D eigenvalue weighted by molar-refractivity contribution is -0.117. The van der Waals surface area contributed by atoms with Crippen LogP contribution in [0.5, 0.6) is 0 Å². The zero-order valence-electron chi connectivity index (χ0n) is 12.1. The van der Waals surface area contributed by atoms with E-state index in [1.807, 2.05) is 25.2 Å². The summed E-state index contributed by atoms with van der Waals surface area (Å²) in [6.07, 6.45) is 0. The number of anilines is 3. The van der Waals surface area contributed by atoms with E-state index in [1.54, 1.807) is 4.90 Å². The number of benzene rings is 2. The van der Waals surface area contributed by atoms with Crippen molar-refractivity contribution in [2.75, 3.05) is 23.4 Å². The number of likely N-dealkylation sites (N-methyl/N-ethyl adjacent to an activating group) is 1. The molecule has 0 aliphatic carbocycles. The first-order chi connectivity index (χ1) is 9.58. The van der Waals surface area contributed by atoms with Crippen molar-refractivity contribution in [3.8, 4) is 0 Å². The minimum atomic E-state index is 0.113. The molecule has 20 heavy (non-hydrogen) atoms. The van der Waals surface area contributed by atoms with Gasteiger partial charge in [0.15, 0.2) is 0 Å². The lowest BCUT2D eigenvalue weighted by Crippen LogP contribution is -2.41. The molecule has 3 heteroatoms. The molecule has 3 rings (SSSR count). The summed E-state index contributed by atoms with van der Waals surface area (Å²) in [6, 6.07) is 14.4. The zero-order valence-corrected chi connectivity index (χ0v) is 12.1. The standard InChI is InChI=1S/C17H18N2O/c1-12-8-9-14(10-13(12)2)19-11-17(20)18(3)15-6-4-5-7-16(15)19/h4-10H,11H2,1-3H3. The fraction of sp³-hybridized carbons (Fsp3) is 0.235. The molecule has 0 spiro atoms. The van der Waals surface area contributed by atoms with Crippen LogP contribution in [0.3, 0.4) is 0 Å². The van der Waals surface area contributed by atoms with Gasteiger partial charge in [-0.05, 0) is 49.2 Å². The van der Waals surface area contributed by atoms with Gasteiger partial charge in [-0.3, -0.25) is 4.79 Å². The van der Waals surface area contributed by atoms with Crippen molar-refractivity contribution in [3.63, 3.8) is 0 Å². The Morgan fingerprint density at radius 3 is 2.35 bits per heavy atom. The molecule has 0 atom stereocenters. The van der Waals surface area contributed by atoms with Crippen LogP contribution >= 0.6 is 0 Å². The van der Waals surface area contributed by atoms with Crippen LogP contribution in [-0.4, -0.2) is 19.5 Å². The van der Waals surface area contributed by atoms with Crippen LogP contribution in [0.25, 0.3) is 0 Å². The van der Waals surface area contributed by atoms with Gasteiger partial charge in [0.1, 0.15) is 6.54 Å². The molecule has 0 radical (unpaired) electrons. The number of fused-ring (bicyclic) bond motifs is 1. The molecule has 0 N–H and O–H groups in total. The summed E-state index contributed by atoms with van der Waals surface area (Å²) < 4.78 is 0. The van der Waals surface area contributed by atoms with Crippen LogP contribution in [0.15, 0.2) is 42.5 Å². The van der Waals surface area contributed by atoms with Gasteiger partial charge in [-0.15, -0.1) is 0 Å². The normalized spacial score (nSPS) is 14.4. The van der Waals surface area contributed by atoms with E-state index in [0.717, 1.165) is 17.1 Å². The van der Waals surface area contributed by atoms with Crippen LogP contribution in [0, 0.1) is 13.8 Å². The van der Waals surface area contributed by atoms with Crippen molar-refractivity contribution in [1.29, 1.82) is 0 Å². The molecule has 2 aromatic rings. The maximum Gasteiger partial charge on any atom is 0.246 e. The largest absolute Gasteiger partial charge is 0.330 e. The van der Waals surface area contributed by atoms with E-state index in [0.29, 0.717) is 6.54 Å². The van der Waals surface area contributed by atoms with Crippen molar-refractivity contribution < 1.29 is 4.79 Å². The number of hydrogen-bond donors (Lipinski definition) is 0. The second-order valence-corrected chi connectivity index (χ2v) is 5.30. The second kappa shape index (κ2) is 4.67. The highest BCUT2D eigenvalue weighted by molar-refractivity contribution is 6.04. The van der Waals surface area contributed by atoms with Crippen LogP contribution in [0.4, 0.5) is 17.1 Å². The average molecular weight is 266 g/mol. The number of aryl methyl sites for hydroxylation is 2. The summed E-state index contributed by atoms with van der Waals surface area (Å²) in [4.78, 5) is 16.0. The fourth-order valence-electron chi connectivity index (χ4n) is 2.56. The molecule has 0 saturated heterocycles. The number of carbonyl (C=O) groups is 1. The molecule has 0 aromatic heterocycles. The van der Waals surface area contributed by atoms with Crippen molar-refractivity contribution in [3.05, 3.63) is 53.6 Å². The number of rotatable bonds is 1. The number of amides is 1. The third kappa shape index (κ3) is 1.95. The van der Waals surface area contributed by atoms with E-state index >= 15 is 0 Å². The van der Waals surface area contributed by atoms with Crippen molar-refractivity contribution in [2.45, 2.75) is 13.8 Å². The van der Waals surface area contributed by atoms with E-state index in [9.17, 15) is 4.79 Å². The Labute approximate surface area is 119 Å². The zero-order chi connectivity index (χ0) is 14.3. The molecule has 3 nitrogen and oxygen atoms in total. The molecule has 0 fully saturated rings. The number of carbonyl (C=O) groups excluding carboxylic acids is 1. The highest BCUT2D eigenvalue weighted by Gasteiger charge is 2.27. The van der Waals surface area contributed by atoms with E-state index in [4.69, 9.17) is 0 Å². The second-order valence-electron chi connectivity index (χ2n) is 5.30. The highest BCUT2D eigenvalue weighted by Crippen LogP contribution is 2.37. The molecule has 1 amide bonds. The Kier molecular flexibility index (Phi) is 2.97. The maximum absolute atomic E-state index is 12.2. The number of para-hydroxylation sites is 2. The van der Waals surface area contributed by atoms with Gasteiger partial charge >= 0.3 is 0 Å². The van der Waals surface area contributed by atoms with Crippen molar-refractivity contribution in [1.82, 2.24) is 0 Å². The lowest BCUT2D eigenvalue weighted by Gasteiger charge is -2.35. The quantitative estimate of drug-likeness (QED) is 0.789. The minimum Gasteiger partial charge on any atom is -0.330 e. The molecule has 1 heterocycles. The van der Waals surface area contributed by atoms with Crippen LogP contribution < -0.4 is 9.80 Å². The predicted molar refractivity (Wildman–Crippen MR) is 82.8 cm³/mol. The molecule has 1 aliphatic heterocycles. The smallest absolute Gasteiger partial charge is 0.246 e. The van der Waals surface area contributed by atoms with Crippen LogP contribution in [-0.2, 0) is 4.79 Å². The Bertz CT molecular complexity index is 678. The van der Waals surface area contributed by atoms with Gasteiger partial charge in [0.05, 0.1) is 11.4 Å². The monoisotopic (exact) mass is 266 g/mol. The van der Waals surface area contributed by atoms with E-state index in [1.165, 1.54) is 11.1 Å². The maximum atomic E-state index is 12.2. The predicted octanol–water partition coefficient (Wildman–Crippen LogP) is 3.42. The number of hydrogen-bond acceptors (Lipinski definition) is 2. The Hall–Kier alpha value is -2.29. The average Bonchev–Trinajstić information content (AvgIpc) is 2.46. The summed E-state index contributed by atoms with van der Waals surface area (Å²) >= 11 is 0. The Morgan fingerprint density at radius 1 is 0.950 bits per heavy atom. The third-order valence-electron chi connectivity index (χ3n) is 4.00. The molecule has 1 aliphatic rings. The molecule has 102 valence electrons. The van der Waals surface area contributed by atoms with E-state index in [2.05, 4.69) is 43.0 Å². The summed E-state index contributed by atoms with van der Waals surface area (Å²) in [5.74, 6) is 0.113. The van der Waals surface area contributed by atoms with Gasteiger partial charge in [-0.2, -0.15) is 0 Å². The minimum absolute atomic E-state index is 0.113. The first-order valence-corrected chi connectivity index (χ1v) is 6.78. The summed E-state index contributed by atoms with van der Waals surface area (Å²) in [5.41, 5.74) is 5.62. The van der Waals surface area contributed by atoms with Gasteiger partial charge in [-0.25, -0.2) is 0 Å². The van der Waals surface area contributed by atoms with Gasteiger partial charge < -0.3 is 9.80 Å². The van der Waals surface area contributed by atoms with Crippen molar-refractivity contribution >= 4 is 23.0 Å². The Balaban J connectivity index is 2.12. The van der Waals surface area contributed by atoms with Gasteiger partial charge in [0.2, 0.25) is 5.91 Å². The molecular weight excluding hydrogens is 248 g/mol. The van der Waals surface area contributed by atoms with Gasteiger partial charge in [0.25, 0.3) is 0 Å². The van der Waals surface area contributed by atoms with Crippen LogP contribution in [0.1, 0.15) is 11.1 Å². The molecule has 0 bridgehead atoms. The fourth-order valence-corrected chi connectivity index (χ4v) is 2.56. The summed E-state index contributed by atoms with van der Waals surface area (Å²) in [7, 11) is 1.83. The lowest BCUT2D eigenvalue weighted by atomic mass is 10.1. The molecule has 2 aromatic carbocycles. The molecule has 0 unspecified atom stereocenters. The van der Waals surface area contributed by atoms with E-state index in [-0.39, 0.29) is 5.91 Å². The summed E-state index contributed by atoms with van der Waals surface area (Å²) in [6.45, 7) is 4.58. The van der Waals surface area contributed by atoms with E-state index < -0.39 is 0 Å². The molecule has 0 saturated carbocycles. The highest BCUT2D eigenvalue weighted by atomic mass is 16.2. The van der Waals surface area contributed by atoms with Crippen molar-refractivity contribution in [2.24, 2.45) is 0 Å². The summed E-state index contributed by atoms with van der Waals surface area (Å²) in [5, 5.41) is 0.